The maximum atomic E-state index is 13.4. The molecule has 0 aromatic heterocycles. The van der Waals surface area contributed by atoms with E-state index in [1.54, 1.807) is 12.1 Å². The van der Waals surface area contributed by atoms with E-state index < -0.39 is 27.4 Å². The number of hydrogen-bond donors (Lipinski definition) is 1. The molecular weight excluding hydrogens is 470 g/mol. The lowest BCUT2D eigenvalue weighted by Crippen LogP contribution is -2.38. The molecular formula is C22H20ClN3O6S. The molecule has 3 aromatic rings. The van der Waals surface area contributed by atoms with Gasteiger partial charge in [0.1, 0.15) is 12.3 Å². The first-order valence-electron chi connectivity index (χ1n) is 9.59. The summed E-state index contributed by atoms with van der Waals surface area (Å²) in [5, 5.41) is 14.0. The van der Waals surface area contributed by atoms with Crippen LogP contribution in [0.25, 0.3) is 0 Å². The molecule has 1 N–H and O–H groups in total. The molecule has 0 saturated heterocycles. The number of carbonyl (C=O) groups is 1. The van der Waals surface area contributed by atoms with Gasteiger partial charge in [0.2, 0.25) is 5.91 Å². The van der Waals surface area contributed by atoms with E-state index in [1.807, 2.05) is 0 Å². The monoisotopic (exact) mass is 489 g/mol. The number of nitrogens with one attached hydrogen (secondary N) is 1. The summed E-state index contributed by atoms with van der Waals surface area (Å²) in [6.07, 6.45) is 0. The topological polar surface area (TPSA) is 119 Å². The van der Waals surface area contributed by atoms with Gasteiger partial charge in [0.15, 0.2) is 0 Å². The molecule has 0 aliphatic rings. The second kappa shape index (κ2) is 9.88. The number of carbonyl (C=O) groups excluding carboxylic acids is 1. The summed E-state index contributed by atoms with van der Waals surface area (Å²) in [6.45, 7) is 0.910. The number of nitro groups is 1. The number of anilines is 2. The highest BCUT2D eigenvalue weighted by Gasteiger charge is 2.28. The minimum atomic E-state index is -4.16. The lowest BCUT2D eigenvalue weighted by molar-refractivity contribution is -0.385. The van der Waals surface area contributed by atoms with Crippen molar-refractivity contribution < 1.29 is 22.9 Å². The number of nitro benzene ring substituents is 1. The third-order valence-electron chi connectivity index (χ3n) is 4.81. The predicted octanol–water partition coefficient (Wildman–Crippen LogP) is 4.40. The molecule has 0 heterocycles. The van der Waals surface area contributed by atoms with Crippen LogP contribution in [0.1, 0.15) is 5.56 Å². The Kier molecular flexibility index (Phi) is 7.19. The molecule has 33 heavy (non-hydrogen) atoms. The van der Waals surface area contributed by atoms with Gasteiger partial charge in [-0.05, 0) is 55.5 Å². The Morgan fingerprint density at radius 2 is 1.79 bits per heavy atom. The number of amides is 1. The van der Waals surface area contributed by atoms with Crippen LogP contribution < -0.4 is 14.4 Å². The Labute approximate surface area is 195 Å². The molecule has 0 aliphatic heterocycles. The van der Waals surface area contributed by atoms with E-state index in [4.69, 9.17) is 16.3 Å². The zero-order valence-electron chi connectivity index (χ0n) is 17.7. The van der Waals surface area contributed by atoms with Gasteiger partial charge in [-0.2, -0.15) is 0 Å². The van der Waals surface area contributed by atoms with Crippen molar-refractivity contribution in [3.63, 3.8) is 0 Å². The molecule has 0 saturated carbocycles. The van der Waals surface area contributed by atoms with Crippen molar-refractivity contribution in [2.75, 3.05) is 23.3 Å². The van der Waals surface area contributed by atoms with Gasteiger partial charge >= 0.3 is 0 Å². The summed E-state index contributed by atoms with van der Waals surface area (Å²) in [5.74, 6) is -0.210. The van der Waals surface area contributed by atoms with Gasteiger partial charge in [0.05, 0.1) is 33.9 Å². The molecule has 0 radical (unpaired) electrons. The number of benzene rings is 3. The summed E-state index contributed by atoms with van der Waals surface area (Å²) in [7, 11) is -2.70. The molecule has 1 amide bonds. The average molecular weight is 490 g/mol. The second-order valence-corrected chi connectivity index (χ2v) is 9.22. The lowest BCUT2D eigenvalue weighted by atomic mass is 10.1. The van der Waals surface area contributed by atoms with E-state index in [9.17, 15) is 23.3 Å². The van der Waals surface area contributed by atoms with E-state index in [-0.39, 0.29) is 32.5 Å². The van der Waals surface area contributed by atoms with Gasteiger partial charge in [-0.15, -0.1) is 0 Å². The minimum Gasteiger partial charge on any atom is -0.497 e. The fourth-order valence-corrected chi connectivity index (χ4v) is 4.70. The van der Waals surface area contributed by atoms with Gasteiger partial charge in [-0.25, -0.2) is 8.42 Å². The van der Waals surface area contributed by atoms with E-state index in [0.717, 1.165) is 4.31 Å². The fraction of sp³-hybridized carbons (Fsp3) is 0.136. The lowest BCUT2D eigenvalue weighted by Gasteiger charge is -2.24. The molecule has 0 bridgehead atoms. The fourth-order valence-electron chi connectivity index (χ4n) is 3.10. The summed E-state index contributed by atoms with van der Waals surface area (Å²) in [4.78, 5) is 23.4. The Bertz CT molecular complexity index is 1300. The van der Waals surface area contributed by atoms with Crippen LogP contribution in [0.3, 0.4) is 0 Å². The van der Waals surface area contributed by atoms with Gasteiger partial charge < -0.3 is 10.1 Å². The quantitative estimate of drug-likeness (QED) is 0.370. The Morgan fingerprint density at radius 1 is 1.12 bits per heavy atom. The van der Waals surface area contributed by atoms with Crippen molar-refractivity contribution in [2.45, 2.75) is 11.8 Å². The van der Waals surface area contributed by atoms with Crippen LogP contribution >= 0.6 is 11.6 Å². The smallest absolute Gasteiger partial charge is 0.274 e. The van der Waals surface area contributed by atoms with Gasteiger partial charge in [0.25, 0.3) is 15.7 Å². The number of hydrogen-bond acceptors (Lipinski definition) is 6. The highest BCUT2D eigenvalue weighted by atomic mass is 35.5. The minimum absolute atomic E-state index is 0.0531. The van der Waals surface area contributed by atoms with Crippen molar-refractivity contribution in [1.29, 1.82) is 0 Å². The number of sulfonamides is 1. The van der Waals surface area contributed by atoms with Crippen LogP contribution in [0.15, 0.2) is 71.6 Å². The van der Waals surface area contributed by atoms with Crippen LogP contribution in [-0.4, -0.2) is 32.9 Å². The number of nitrogens with zero attached hydrogens (tertiary/aromatic N) is 2. The number of rotatable bonds is 8. The maximum absolute atomic E-state index is 13.4. The predicted molar refractivity (Wildman–Crippen MR) is 125 cm³/mol. The molecule has 0 unspecified atom stereocenters. The zero-order chi connectivity index (χ0) is 24.2. The van der Waals surface area contributed by atoms with Crippen molar-refractivity contribution >= 4 is 44.6 Å². The summed E-state index contributed by atoms with van der Waals surface area (Å²) >= 11 is 6.06. The Morgan fingerprint density at radius 3 is 2.39 bits per heavy atom. The number of ether oxygens (including phenoxy) is 1. The SMILES string of the molecule is COc1ccc(S(=O)(=O)N(CC(=O)Nc2cccc([N+](=O)[O-])c2C)c2cccc(Cl)c2)cc1. The van der Waals surface area contributed by atoms with E-state index in [1.165, 1.54) is 68.6 Å². The molecule has 9 nitrogen and oxygen atoms in total. The Hall–Kier alpha value is -3.63. The molecule has 0 fully saturated rings. The molecule has 11 heteroatoms. The third-order valence-corrected chi connectivity index (χ3v) is 6.83. The van der Waals surface area contributed by atoms with Crippen molar-refractivity contribution in [3.05, 3.63) is 87.4 Å². The van der Waals surface area contributed by atoms with Gasteiger partial charge in [-0.1, -0.05) is 23.7 Å². The standard InChI is InChI=1S/C22H20ClN3O6S/c1-15-20(7-4-8-21(15)26(28)29)24-22(27)14-25(17-6-3-5-16(23)13-17)33(30,31)19-11-9-18(32-2)10-12-19/h3-13H,14H2,1-2H3,(H,24,27). The van der Waals surface area contributed by atoms with Crippen LogP contribution in [0.5, 0.6) is 5.75 Å². The number of halogens is 1. The van der Waals surface area contributed by atoms with Crippen LogP contribution in [-0.2, 0) is 14.8 Å². The van der Waals surface area contributed by atoms with E-state index >= 15 is 0 Å². The molecule has 3 aromatic carbocycles. The first kappa shape index (κ1) is 24.0. The van der Waals surface area contributed by atoms with E-state index in [0.29, 0.717) is 5.75 Å². The summed E-state index contributed by atoms with van der Waals surface area (Å²) in [5.41, 5.74) is 0.486. The largest absolute Gasteiger partial charge is 0.497 e. The zero-order valence-corrected chi connectivity index (χ0v) is 19.3. The molecule has 0 aliphatic carbocycles. The van der Waals surface area contributed by atoms with Crippen LogP contribution in [0.2, 0.25) is 5.02 Å². The normalized spacial score (nSPS) is 11.0. The highest BCUT2D eigenvalue weighted by molar-refractivity contribution is 7.92. The summed E-state index contributed by atoms with van der Waals surface area (Å²) in [6, 6.07) is 16.1. The first-order chi connectivity index (χ1) is 15.6. The van der Waals surface area contributed by atoms with Crippen LogP contribution in [0.4, 0.5) is 17.1 Å². The average Bonchev–Trinajstić information content (AvgIpc) is 2.78. The Balaban J connectivity index is 1.96. The highest BCUT2D eigenvalue weighted by Crippen LogP contribution is 2.28. The maximum Gasteiger partial charge on any atom is 0.274 e. The van der Waals surface area contributed by atoms with Crippen molar-refractivity contribution in [1.82, 2.24) is 0 Å². The molecule has 172 valence electrons. The summed E-state index contributed by atoms with van der Waals surface area (Å²) < 4.78 is 32.8. The molecule has 3 rings (SSSR count). The second-order valence-electron chi connectivity index (χ2n) is 6.92. The molecule has 0 atom stereocenters. The van der Waals surface area contributed by atoms with E-state index in [2.05, 4.69) is 5.32 Å². The third kappa shape index (κ3) is 5.41. The number of methoxy groups -OCH3 is 1. The van der Waals surface area contributed by atoms with Crippen molar-refractivity contribution in [3.8, 4) is 5.75 Å². The van der Waals surface area contributed by atoms with Gasteiger partial charge in [-0.3, -0.25) is 19.2 Å². The first-order valence-corrected chi connectivity index (χ1v) is 11.4. The molecule has 0 spiro atoms. The van der Waals surface area contributed by atoms with Crippen molar-refractivity contribution in [2.24, 2.45) is 0 Å². The van der Waals surface area contributed by atoms with Gasteiger partial charge in [0, 0.05) is 11.1 Å². The van der Waals surface area contributed by atoms with Crippen LogP contribution in [0, 0.1) is 17.0 Å².